The summed E-state index contributed by atoms with van der Waals surface area (Å²) in [6.45, 7) is 6.27. The molecule has 0 amide bonds. The van der Waals surface area contributed by atoms with Crippen LogP contribution in [0.3, 0.4) is 0 Å². The monoisotopic (exact) mass is 490 g/mol. The van der Waals surface area contributed by atoms with Crippen molar-refractivity contribution in [3.8, 4) is 33.8 Å². The maximum absolute atomic E-state index is 15.0. The molecule has 0 bridgehead atoms. The fourth-order valence-electron chi connectivity index (χ4n) is 4.17. The highest BCUT2D eigenvalue weighted by Gasteiger charge is 2.34. The van der Waals surface area contributed by atoms with Crippen LogP contribution < -0.4 is 9.47 Å². The molecule has 4 heteroatoms. The largest absolute Gasteiger partial charge is 0.494 e. The number of unbranched alkanes of at least 4 members (excludes halogenated alkanes) is 5. The summed E-state index contributed by atoms with van der Waals surface area (Å²) >= 11 is 0. The predicted molar refractivity (Wildman–Crippen MR) is 146 cm³/mol. The average molecular weight is 491 g/mol. The Morgan fingerprint density at radius 1 is 0.750 bits per heavy atom. The molecule has 1 atom stereocenters. The van der Waals surface area contributed by atoms with Crippen LogP contribution in [0.5, 0.6) is 11.5 Å². The molecule has 36 heavy (non-hydrogen) atoms. The van der Waals surface area contributed by atoms with Crippen molar-refractivity contribution in [2.24, 2.45) is 0 Å². The first-order chi connectivity index (χ1) is 17.4. The maximum Gasteiger partial charge on any atom is 0.348 e. The summed E-state index contributed by atoms with van der Waals surface area (Å²) < 4.78 is 26.4. The normalized spacial score (nSPS) is 12.7. The van der Waals surface area contributed by atoms with Gasteiger partial charge in [0.15, 0.2) is 0 Å². The van der Waals surface area contributed by atoms with E-state index in [1.807, 2.05) is 66.7 Å². The molecule has 0 saturated heterocycles. The molecule has 3 rings (SSSR count). The number of carbonyl (C=O) groups excluding carboxylic acids is 1. The highest BCUT2D eigenvalue weighted by atomic mass is 19.1. The number of carbonyl (C=O) groups is 1. The second-order valence-electron chi connectivity index (χ2n) is 9.55. The van der Waals surface area contributed by atoms with Gasteiger partial charge in [0.1, 0.15) is 11.5 Å². The topological polar surface area (TPSA) is 35.5 Å². The minimum absolute atomic E-state index is 0.161. The standard InChI is InChI=1S/C32H39FO3/c1-4-6-8-13-23-35-27-18-16-26(17-19-27)30-24-28(20-21-29(30)25-14-10-9-11-15-25)36-31(34)32(3,33)22-12-7-5-2/h9-11,14-21,24H,4-8,12-13,22-23H2,1-3H3. The SMILES string of the molecule is CCCCCCOc1ccc(-c2cc(OC(=O)C(C)(F)CCCCC)ccc2-c2ccccc2)cc1. The number of rotatable bonds is 14. The van der Waals surface area contributed by atoms with Gasteiger partial charge in [0.05, 0.1) is 6.61 Å². The van der Waals surface area contributed by atoms with E-state index in [0.717, 1.165) is 47.3 Å². The van der Waals surface area contributed by atoms with Gasteiger partial charge in [0, 0.05) is 0 Å². The summed E-state index contributed by atoms with van der Waals surface area (Å²) in [4.78, 5) is 12.6. The lowest BCUT2D eigenvalue weighted by atomic mass is 9.94. The molecular formula is C32H39FO3. The molecule has 0 aliphatic rings. The first kappa shape index (κ1) is 27.4. The maximum atomic E-state index is 15.0. The summed E-state index contributed by atoms with van der Waals surface area (Å²) in [6, 6.07) is 23.5. The molecule has 0 aromatic heterocycles. The summed E-state index contributed by atoms with van der Waals surface area (Å²) in [7, 11) is 0. The Balaban J connectivity index is 1.82. The third-order valence-corrected chi connectivity index (χ3v) is 6.39. The first-order valence-electron chi connectivity index (χ1n) is 13.3. The van der Waals surface area contributed by atoms with Gasteiger partial charge in [-0.3, -0.25) is 0 Å². The van der Waals surface area contributed by atoms with Gasteiger partial charge >= 0.3 is 5.97 Å². The fourth-order valence-corrected chi connectivity index (χ4v) is 4.17. The van der Waals surface area contributed by atoms with Crippen LogP contribution in [0.4, 0.5) is 4.39 Å². The number of ether oxygens (including phenoxy) is 2. The van der Waals surface area contributed by atoms with Crippen molar-refractivity contribution in [2.75, 3.05) is 6.61 Å². The highest BCUT2D eigenvalue weighted by Crippen LogP contribution is 2.36. The van der Waals surface area contributed by atoms with Crippen LogP contribution in [0, 0.1) is 0 Å². The molecule has 3 aromatic carbocycles. The average Bonchev–Trinajstić information content (AvgIpc) is 2.89. The van der Waals surface area contributed by atoms with E-state index in [9.17, 15) is 9.18 Å². The lowest BCUT2D eigenvalue weighted by Crippen LogP contribution is -2.34. The van der Waals surface area contributed by atoms with Crippen LogP contribution in [-0.4, -0.2) is 18.2 Å². The van der Waals surface area contributed by atoms with E-state index in [0.29, 0.717) is 18.8 Å². The van der Waals surface area contributed by atoms with Gasteiger partial charge in [-0.25, -0.2) is 9.18 Å². The molecule has 0 saturated carbocycles. The summed E-state index contributed by atoms with van der Waals surface area (Å²) in [6.07, 6.45) is 7.34. The molecule has 0 N–H and O–H groups in total. The smallest absolute Gasteiger partial charge is 0.348 e. The summed E-state index contributed by atoms with van der Waals surface area (Å²) in [5.41, 5.74) is 1.93. The summed E-state index contributed by atoms with van der Waals surface area (Å²) in [5, 5.41) is 0. The molecule has 0 heterocycles. The zero-order valence-corrected chi connectivity index (χ0v) is 21.9. The molecule has 1 unspecified atom stereocenters. The number of hydrogen-bond donors (Lipinski definition) is 0. The van der Waals surface area contributed by atoms with Crippen LogP contribution in [0.2, 0.25) is 0 Å². The van der Waals surface area contributed by atoms with E-state index >= 15 is 0 Å². The number of esters is 1. The minimum Gasteiger partial charge on any atom is -0.494 e. The van der Waals surface area contributed by atoms with Crippen molar-refractivity contribution in [1.82, 2.24) is 0 Å². The molecule has 0 fully saturated rings. The molecule has 0 aliphatic carbocycles. The van der Waals surface area contributed by atoms with Crippen LogP contribution in [0.25, 0.3) is 22.3 Å². The van der Waals surface area contributed by atoms with Gasteiger partial charge in [0.2, 0.25) is 5.67 Å². The van der Waals surface area contributed by atoms with E-state index < -0.39 is 11.6 Å². The van der Waals surface area contributed by atoms with Crippen LogP contribution >= 0.6 is 0 Å². The quantitative estimate of drug-likeness (QED) is 0.128. The second-order valence-corrected chi connectivity index (χ2v) is 9.55. The Kier molecular flexibility index (Phi) is 10.5. The molecule has 192 valence electrons. The summed E-state index contributed by atoms with van der Waals surface area (Å²) in [5.74, 6) is 0.327. The Hall–Kier alpha value is -3.14. The van der Waals surface area contributed by atoms with Gasteiger partial charge in [-0.05, 0) is 72.7 Å². The van der Waals surface area contributed by atoms with Crippen molar-refractivity contribution in [1.29, 1.82) is 0 Å². The van der Waals surface area contributed by atoms with Crippen molar-refractivity contribution < 1.29 is 18.7 Å². The zero-order valence-electron chi connectivity index (χ0n) is 21.9. The highest BCUT2D eigenvalue weighted by molar-refractivity contribution is 5.86. The number of hydrogen-bond acceptors (Lipinski definition) is 3. The van der Waals surface area contributed by atoms with Crippen LogP contribution in [0.15, 0.2) is 72.8 Å². The Morgan fingerprint density at radius 3 is 2.08 bits per heavy atom. The van der Waals surface area contributed by atoms with Crippen molar-refractivity contribution in [3.05, 3.63) is 72.8 Å². The lowest BCUT2D eigenvalue weighted by molar-refractivity contribution is -0.147. The molecule has 0 spiro atoms. The molecule has 3 aromatic rings. The first-order valence-corrected chi connectivity index (χ1v) is 13.3. The van der Waals surface area contributed by atoms with E-state index in [4.69, 9.17) is 9.47 Å². The van der Waals surface area contributed by atoms with Gasteiger partial charge < -0.3 is 9.47 Å². The van der Waals surface area contributed by atoms with Crippen molar-refractivity contribution in [3.63, 3.8) is 0 Å². The van der Waals surface area contributed by atoms with Gasteiger partial charge in [-0.15, -0.1) is 0 Å². The van der Waals surface area contributed by atoms with Crippen LogP contribution in [0.1, 0.15) is 72.1 Å². The Bertz CT molecular complexity index is 1070. The van der Waals surface area contributed by atoms with E-state index in [1.165, 1.54) is 26.2 Å². The minimum atomic E-state index is -2.01. The van der Waals surface area contributed by atoms with Crippen molar-refractivity contribution in [2.45, 2.75) is 77.8 Å². The van der Waals surface area contributed by atoms with Gasteiger partial charge in [0.25, 0.3) is 0 Å². The number of alkyl halides is 1. The van der Waals surface area contributed by atoms with Gasteiger partial charge in [-0.2, -0.15) is 0 Å². The fraction of sp³-hybridized carbons (Fsp3) is 0.406. The molecule has 3 nitrogen and oxygen atoms in total. The Morgan fingerprint density at radius 2 is 1.39 bits per heavy atom. The van der Waals surface area contributed by atoms with E-state index in [1.54, 1.807) is 6.07 Å². The molecular weight excluding hydrogens is 451 g/mol. The number of halogens is 1. The predicted octanol–water partition coefficient (Wildman–Crippen LogP) is 9.19. The molecule has 0 aliphatic heterocycles. The third kappa shape index (κ3) is 7.94. The van der Waals surface area contributed by atoms with Gasteiger partial charge in [-0.1, -0.05) is 94.5 Å². The van der Waals surface area contributed by atoms with Crippen molar-refractivity contribution >= 4 is 5.97 Å². The third-order valence-electron chi connectivity index (χ3n) is 6.39. The van der Waals surface area contributed by atoms with Crippen LogP contribution in [-0.2, 0) is 4.79 Å². The van der Waals surface area contributed by atoms with E-state index in [2.05, 4.69) is 13.8 Å². The van der Waals surface area contributed by atoms with E-state index in [-0.39, 0.29) is 6.42 Å². The second kappa shape index (κ2) is 13.8. The lowest BCUT2D eigenvalue weighted by Gasteiger charge is -2.19. The Labute approximate surface area is 215 Å². The molecule has 0 radical (unpaired) electrons. The number of benzene rings is 3. The zero-order chi connectivity index (χ0) is 25.8.